The molecule has 36 heavy (non-hydrogen) atoms. The van der Waals surface area contributed by atoms with Crippen LogP contribution in [0.25, 0.3) is 0 Å². The van der Waals surface area contributed by atoms with Crippen molar-refractivity contribution in [3.8, 4) is 0 Å². The molecule has 1 atom stereocenters. The number of hydrogen-bond donors (Lipinski definition) is 1. The van der Waals surface area contributed by atoms with Gasteiger partial charge in [-0.3, -0.25) is 0 Å². The lowest BCUT2D eigenvalue weighted by Gasteiger charge is -2.43. The third kappa shape index (κ3) is 4.51. The molecule has 0 aliphatic rings. The van der Waals surface area contributed by atoms with E-state index in [4.69, 9.17) is 0 Å². The number of alkyl halides is 17. The largest absolute Gasteiger partial charge is 0.460 e. The van der Waals surface area contributed by atoms with Crippen LogP contribution in [0.1, 0.15) is 18.9 Å². The molecule has 0 aliphatic carbocycles. The van der Waals surface area contributed by atoms with Crippen LogP contribution < -0.4 is 0 Å². The van der Waals surface area contributed by atoms with E-state index >= 15 is 0 Å². The van der Waals surface area contributed by atoms with Crippen molar-refractivity contribution < 1.29 is 79.7 Å². The Labute approximate surface area is 197 Å². The SMILES string of the molecule is CC(O)(CC(F)(F)C(F)(F)C(F)(F)C(F)(F)C(F)(F)C(F)(F)C(F)(F)C(F)(F)F)c1ccccc1Br. The van der Waals surface area contributed by atoms with Crippen LogP contribution in [0, 0.1) is 0 Å². The zero-order valence-corrected chi connectivity index (χ0v) is 18.4. The molecule has 0 spiro atoms. The fourth-order valence-electron chi connectivity index (χ4n) is 2.73. The molecule has 0 aliphatic heterocycles. The van der Waals surface area contributed by atoms with Crippen LogP contribution in [0.2, 0.25) is 0 Å². The van der Waals surface area contributed by atoms with Crippen LogP contribution in [0.4, 0.5) is 74.6 Å². The average molecular weight is 633 g/mol. The fraction of sp³-hybridized carbons (Fsp3) is 0.647. The number of rotatable bonds is 9. The summed E-state index contributed by atoms with van der Waals surface area (Å²) >= 11 is 2.64. The summed E-state index contributed by atoms with van der Waals surface area (Å²) in [7, 11) is 0. The number of benzene rings is 1. The third-order valence-electron chi connectivity index (χ3n) is 4.81. The van der Waals surface area contributed by atoms with Gasteiger partial charge in [0.05, 0.1) is 12.0 Å². The molecule has 0 radical (unpaired) electrons. The molecule has 0 amide bonds. The minimum Gasteiger partial charge on any atom is -0.385 e. The monoisotopic (exact) mass is 632 g/mol. The van der Waals surface area contributed by atoms with Gasteiger partial charge in [-0.1, -0.05) is 34.1 Å². The maximum atomic E-state index is 14.1. The third-order valence-corrected chi connectivity index (χ3v) is 5.50. The van der Waals surface area contributed by atoms with Gasteiger partial charge < -0.3 is 5.11 Å². The average Bonchev–Trinajstić information content (AvgIpc) is 2.65. The molecule has 0 bridgehead atoms. The van der Waals surface area contributed by atoms with E-state index in [-0.39, 0.29) is 11.4 Å². The van der Waals surface area contributed by atoms with Crippen molar-refractivity contribution in [2.24, 2.45) is 0 Å². The predicted molar refractivity (Wildman–Crippen MR) is 89.0 cm³/mol. The zero-order chi connectivity index (χ0) is 29.2. The summed E-state index contributed by atoms with van der Waals surface area (Å²) in [5.74, 6) is -57.0. The number of aliphatic hydroxyl groups is 1. The molecular formula is C17H10BrF17O. The van der Waals surface area contributed by atoms with Crippen molar-refractivity contribution in [1.29, 1.82) is 0 Å². The molecule has 19 heteroatoms. The van der Waals surface area contributed by atoms with Gasteiger partial charge in [0.2, 0.25) is 0 Å². The van der Waals surface area contributed by atoms with Gasteiger partial charge in [-0.15, -0.1) is 0 Å². The molecule has 0 aromatic heterocycles. The van der Waals surface area contributed by atoms with E-state index in [2.05, 4.69) is 15.9 Å². The maximum Gasteiger partial charge on any atom is 0.460 e. The standard InChI is InChI=1S/C17H10BrF17O/c1-9(36,7-4-2-3-5-8(7)18)6-10(19,20)11(21,22)12(23,24)13(25,26)14(27,28)15(29,30)16(31,32)17(33,34)35/h2-5,36H,6H2,1H3. The minimum atomic E-state index is -8.69. The Kier molecular flexibility index (Phi) is 7.91. The maximum absolute atomic E-state index is 14.1. The highest BCUT2D eigenvalue weighted by Gasteiger charge is 2.95. The lowest BCUT2D eigenvalue weighted by Crippen LogP contribution is -2.74. The zero-order valence-electron chi connectivity index (χ0n) is 16.8. The lowest BCUT2D eigenvalue weighted by molar-refractivity contribution is -0.462. The molecule has 0 heterocycles. The van der Waals surface area contributed by atoms with Gasteiger partial charge in [-0.05, 0) is 18.6 Å². The summed E-state index contributed by atoms with van der Waals surface area (Å²) < 4.78 is 226. The summed E-state index contributed by atoms with van der Waals surface area (Å²) in [6.45, 7) is 0.236. The molecule has 1 N–H and O–H groups in total. The first-order chi connectivity index (χ1) is 15.5. The van der Waals surface area contributed by atoms with Crippen molar-refractivity contribution in [1.82, 2.24) is 0 Å². The quantitative estimate of drug-likeness (QED) is 0.273. The van der Waals surface area contributed by atoms with Gasteiger partial charge in [-0.2, -0.15) is 74.6 Å². The van der Waals surface area contributed by atoms with Crippen LogP contribution in [-0.2, 0) is 5.60 Å². The number of hydrogen-bond acceptors (Lipinski definition) is 1. The number of halogens is 18. The Bertz CT molecular complexity index is 951. The second-order valence-electron chi connectivity index (χ2n) is 7.58. The Morgan fingerprint density at radius 2 is 0.917 bits per heavy atom. The van der Waals surface area contributed by atoms with E-state index in [1.54, 1.807) is 0 Å². The molecule has 1 aromatic carbocycles. The molecule has 1 nitrogen and oxygen atoms in total. The Morgan fingerprint density at radius 1 is 0.583 bits per heavy atom. The Hall–Kier alpha value is -1.53. The predicted octanol–water partition coefficient (Wildman–Crippen LogP) is 8.06. The van der Waals surface area contributed by atoms with E-state index < -0.39 is 65.2 Å². The van der Waals surface area contributed by atoms with Crippen molar-refractivity contribution in [2.75, 3.05) is 0 Å². The van der Waals surface area contributed by atoms with Gasteiger partial charge in [0.25, 0.3) is 0 Å². The highest BCUT2D eigenvalue weighted by molar-refractivity contribution is 9.10. The fourth-order valence-corrected chi connectivity index (χ4v) is 3.44. The highest BCUT2D eigenvalue weighted by Crippen LogP contribution is 2.64. The molecule has 1 aromatic rings. The van der Waals surface area contributed by atoms with Gasteiger partial charge >= 0.3 is 47.6 Å². The molecule has 0 saturated carbocycles. The van der Waals surface area contributed by atoms with Crippen LogP contribution in [0.3, 0.4) is 0 Å². The van der Waals surface area contributed by atoms with Gasteiger partial charge in [-0.25, -0.2) is 0 Å². The first-order valence-electron chi connectivity index (χ1n) is 8.66. The highest BCUT2D eigenvalue weighted by atomic mass is 79.9. The van der Waals surface area contributed by atoms with Gasteiger partial charge in [0.1, 0.15) is 0 Å². The van der Waals surface area contributed by atoms with E-state index in [0.717, 1.165) is 24.3 Å². The van der Waals surface area contributed by atoms with E-state index in [0.29, 0.717) is 0 Å². The summed E-state index contributed by atoms with van der Waals surface area (Å²) in [5.41, 5.74) is -4.13. The summed E-state index contributed by atoms with van der Waals surface area (Å²) in [6.07, 6.45) is -10.8. The molecule has 0 saturated heterocycles. The van der Waals surface area contributed by atoms with E-state index in [1.807, 2.05) is 0 Å². The Balaban J connectivity index is 3.64. The summed E-state index contributed by atoms with van der Waals surface area (Å²) in [5, 5.41) is 10.1. The van der Waals surface area contributed by atoms with Crippen LogP contribution >= 0.6 is 15.9 Å². The van der Waals surface area contributed by atoms with Gasteiger partial charge in [0, 0.05) is 4.47 Å². The first kappa shape index (κ1) is 32.5. The molecule has 1 rings (SSSR count). The molecule has 1 unspecified atom stereocenters. The summed E-state index contributed by atoms with van der Waals surface area (Å²) in [6, 6.07) is 3.83. The van der Waals surface area contributed by atoms with Crippen molar-refractivity contribution >= 4 is 15.9 Å². The smallest absolute Gasteiger partial charge is 0.385 e. The second kappa shape index (κ2) is 8.76. The van der Waals surface area contributed by atoms with Crippen molar-refractivity contribution in [2.45, 2.75) is 66.6 Å². The summed E-state index contributed by atoms with van der Waals surface area (Å²) in [4.78, 5) is 0. The molecule has 210 valence electrons. The van der Waals surface area contributed by atoms with Crippen LogP contribution in [-0.4, -0.2) is 52.7 Å². The van der Waals surface area contributed by atoms with Crippen LogP contribution in [0.15, 0.2) is 28.7 Å². The first-order valence-corrected chi connectivity index (χ1v) is 9.45. The van der Waals surface area contributed by atoms with E-state index in [1.165, 1.54) is 0 Å². The molecule has 0 fully saturated rings. The van der Waals surface area contributed by atoms with Gasteiger partial charge in [0.15, 0.2) is 0 Å². The van der Waals surface area contributed by atoms with Crippen LogP contribution in [0.5, 0.6) is 0 Å². The Morgan fingerprint density at radius 3 is 1.28 bits per heavy atom. The topological polar surface area (TPSA) is 20.2 Å². The lowest BCUT2D eigenvalue weighted by atomic mass is 9.83. The van der Waals surface area contributed by atoms with Crippen molar-refractivity contribution in [3.05, 3.63) is 34.3 Å². The van der Waals surface area contributed by atoms with Crippen molar-refractivity contribution in [3.63, 3.8) is 0 Å². The second-order valence-corrected chi connectivity index (χ2v) is 8.43. The van der Waals surface area contributed by atoms with E-state index in [9.17, 15) is 79.7 Å². The normalized spacial score (nSPS) is 17.2. The molecular weight excluding hydrogens is 623 g/mol. The minimum absolute atomic E-state index is 0.236.